The first-order chi connectivity index (χ1) is 14.5. The van der Waals surface area contributed by atoms with Gasteiger partial charge in [-0.2, -0.15) is 5.10 Å². The molecule has 30 heavy (non-hydrogen) atoms. The Hall–Kier alpha value is -3.61. The van der Waals surface area contributed by atoms with Crippen LogP contribution in [0.5, 0.6) is 0 Å². The molecule has 0 aliphatic heterocycles. The fourth-order valence-corrected chi connectivity index (χ4v) is 2.79. The maximum absolute atomic E-state index is 12.2. The Bertz CT molecular complexity index is 1030. The van der Waals surface area contributed by atoms with Crippen LogP contribution in [-0.4, -0.2) is 34.3 Å². The number of para-hydroxylation sites is 1. The molecular weight excluding hydrogens is 382 g/mol. The van der Waals surface area contributed by atoms with Gasteiger partial charge in [-0.25, -0.2) is 9.48 Å². The summed E-state index contributed by atoms with van der Waals surface area (Å²) in [6.07, 6.45) is 4.65. The van der Waals surface area contributed by atoms with Crippen LogP contribution in [0.3, 0.4) is 0 Å². The van der Waals surface area contributed by atoms with Crippen molar-refractivity contribution in [2.45, 2.75) is 33.3 Å². The smallest absolute Gasteiger partial charge is 0.331 e. The standard InChI is InChI=1S/C23H25N3O4/c1-4-14-24-23(28)17(3)30-21(27)13-11-18-15-26(19-8-6-5-7-9-19)25-22(18)20-12-10-16(2)29-20/h5-13,15,17H,4,14H2,1-3H3,(H,24,28)/b13-11+. The van der Waals surface area contributed by atoms with Gasteiger partial charge in [0.15, 0.2) is 11.9 Å². The second-order valence-corrected chi connectivity index (χ2v) is 6.83. The first kappa shape index (κ1) is 21.1. The number of aryl methyl sites for hydroxylation is 1. The number of furan rings is 1. The van der Waals surface area contributed by atoms with E-state index < -0.39 is 12.1 Å². The molecule has 0 bridgehead atoms. The van der Waals surface area contributed by atoms with E-state index in [1.165, 1.54) is 6.08 Å². The monoisotopic (exact) mass is 407 g/mol. The largest absolute Gasteiger partial charge is 0.460 e. The fraction of sp³-hybridized carbons (Fsp3) is 0.261. The number of hydrogen-bond donors (Lipinski definition) is 1. The molecule has 0 saturated carbocycles. The highest BCUT2D eigenvalue weighted by Crippen LogP contribution is 2.26. The quantitative estimate of drug-likeness (QED) is 0.452. The van der Waals surface area contributed by atoms with Crippen molar-refractivity contribution in [3.63, 3.8) is 0 Å². The fourth-order valence-electron chi connectivity index (χ4n) is 2.79. The third-order valence-corrected chi connectivity index (χ3v) is 4.35. The Labute approximate surface area is 175 Å². The summed E-state index contributed by atoms with van der Waals surface area (Å²) in [5.41, 5.74) is 2.17. The Kier molecular flexibility index (Phi) is 6.85. The number of rotatable bonds is 8. The molecule has 0 saturated heterocycles. The third-order valence-electron chi connectivity index (χ3n) is 4.35. The lowest BCUT2D eigenvalue weighted by molar-refractivity contribution is -0.150. The number of ether oxygens (including phenoxy) is 1. The highest BCUT2D eigenvalue weighted by Gasteiger charge is 2.17. The summed E-state index contributed by atoms with van der Waals surface area (Å²) in [7, 11) is 0. The topological polar surface area (TPSA) is 86.4 Å². The van der Waals surface area contributed by atoms with E-state index >= 15 is 0 Å². The maximum Gasteiger partial charge on any atom is 0.331 e. The molecule has 0 aliphatic carbocycles. The molecule has 1 amide bonds. The van der Waals surface area contributed by atoms with E-state index in [0.717, 1.165) is 17.9 Å². The van der Waals surface area contributed by atoms with Crippen molar-refractivity contribution in [1.29, 1.82) is 0 Å². The van der Waals surface area contributed by atoms with Crippen LogP contribution in [0.4, 0.5) is 0 Å². The predicted molar refractivity (Wildman–Crippen MR) is 114 cm³/mol. The molecule has 156 valence electrons. The molecule has 1 atom stereocenters. The second-order valence-electron chi connectivity index (χ2n) is 6.83. The van der Waals surface area contributed by atoms with Crippen LogP contribution < -0.4 is 5.32 Å². The van der Waals surface area contributed by atoms with Gasteiger partial charge >= 0.3 is 5.97 Å². The van der Waals surface area contributed by atoms with Crippen molar-refractivity contribution in [3.8, 4) is 17.1 Å². The van der Waals surface area contributed by atoms with Gasteiger partial charge in [0.05, 0.1) is 5.69 Å². The highest BCUT2D eigenvalue weighted by molar-refractivity contribution is 5.91. The van der Waals surface area contributed by atoms with Crippen LogP contribution in [0.15, 0.2) is 59.2 Å². The van der Waals surface area contributed by atoms with E-state index in [9.17, 15) is 9.59 Å². The van der Waals surface area contributed by atoms with Gasteiger partial charge in [0, 0.05) is 24.4 Å². The molecular formula is C23H25N3O4. The van der Waals surface area contributed by atoms with Crippen LogP contribution in [0.2, 0.25) is 0 Å². The summed E-state index contributed by atoms with van der Waals surface area (Å²) < 4.78 is 12.6. The Balaban J connectivity index is 1.81. The normalized spacial score (nSPS) is 12.1. The summed E-state index contributed by atoms with van der Waals surface area (Å²) in [6.45, 7) is 5.89. The number of nitrogens with one attached hydrogen (secondary N) is 1. The Morgan fingerprint density at radius 3 is 2.67 bits per heavy atom. The van der Waals surface area contributed by atoms with Gasteiger partial charge in [-0.05, 0) is 50.6 Å². The lowest BCUT2D eigenvalue weighted by atomic mass is 10.2. The van der Waals surface area contributed by atoms with Crippen molar-refractivity contribution in [2.24, 2.45) is 0 Å². The van der Waals surface area contributed by atoms with Gasteiger partial charge in [-0.1, -0.05) is 25.1 Å². The van der Waals surface area contributed by atoms with Gasteiger partial charge in [-0.15, -0.1) is 0 Å². The Morgan fingerprint density at radius 1 is 1.23 bits per heavy atom. The van der Waals surface area contributed by atoms with Crippen LogP contribution in [-0.2, 0) is 14.3 Å². The van der Waals surface area contributed by atoms with Gasteiger partial charge in [-0.3, -0.25) is 4.79 Å². The number of esters is 1. The van der Waals surface area contributed by atoms with Gasteiger partial charge in [0.25, 0.3) is 5.91 Å². The lowest BCUT2D eigenvalue weighted by Crippen LogP contribution is -2.35. The van der Waals surface area contributed by atoms with Gasteiger partial charge in [0.2, 0.25) is 0 Å². The minimum absolute atomic E-state index is 0.317. The molecule has 0 fully saturated rings. The molecule has 1 N–H and O–H groups in total. The minimum Gasteiger partial charge on any atom is -0.460 e. The maximum atomic E-state index is 12.2. The summed E-state index contributed by atoms with van der Waals surface area (Å²) >= 11 is 0. The van der Waals surface area contributed by atoms with Gasteiger partial charge in [0.1, 0.15) is 11.5 Å². The molecule has 3 aromatic rings. The molecule has 0 spiro atoms. The predicted octanol–water partition coefficient (Wildman–Crippen LogP) is 3.91. The SMILES string of the molecule is CCCNC(=O)C(C)OC(=O)/C=C/c1cn(-c2ccccc2)nc1-c1ccc(C)o1. The number of carbonyl (C=O) groups is 2. The van der Waals surface area contributed by atoms with E-state index in [1.807, 2.05) is 62.5 Å². The summed E-state index contributed by atoms with van der Waals surface area (Å²) in [5.74, 6) is 0.438. The van der Waals surface area contributed by atoms with E-state index in [-0.39, 0.29) is 5.91 Å². The molecule has 2 aromatic heterocycles. The molecule has 1 unspecified atom stereocenters. The second kappa shape index (κ2) is 9.73. The Morgan fingerprint density at radius 2 is 2.00 bits per heavy atom. The van der Waals surface area contributed by atoms with Crippen molar-refractivity contribution in [2.75, 3.05) is 6.54 Å². The van der Waals surface area contributed by atoms with Crippen LogP contribution in [0, 0.1) is 6.92 Å². The molecule has 7 heteroatoms. The molecule has 2 heterocycles. The summed E-state index contributed by atoms with van der Waals surface area (Å²) in [5, 5.41) is 7.32. The molecule has 3 rings (SSSR count). The number of carbonyl (C=O) groups excluding carboxylic acids is 2. The highest BCUT2D eigenvalue weighted by atomic mass is 16.5. The summed E-state index contributed by atoms with van der Waals surface area (Å²) in [6, 6.07) is 13.3. The number of hydrogen-bond acceptors (Lipinski definition) is 5. The van der Waals surface area contributed by atoms with E-state index in [1.54, 1.807) is 17.7 Å². The number of benzene rings is 1. The first-order valence-electron chi connectivity index (χ1n) is 9.86. The van der Waals surface area contributed by atoms with Crippen molar-refractivity contribution >= 4 is 18.0 Å². The molecule has 0 aliphatic rings. The summed E-state index contributed by atoms with van der Waals surface area (Å²) in [4.78, 5) is 24.1. The number of amides is 1. The molecule has 7 nitrogen and oxygen atoms in total. The van der Waals surface area contributed by atoms with E-state index in [4.69, 9.17) is 9.15 Å². The number of aromatic nitrogens is 2. The van der Waals surface area contributed by atoms with Crippen molar-refractivity contribution in [3.05, 3.63) is 66.1 Å². The molecule has 1 aromatic carbocycles. The minimum atomic E-state index is -0.868. The lowest BCUT2D eigenvalue weighted by Gasteiger charge is -2.11. The molecule has 0 radical (unpaired) electrons. The van der Waals surface area contributed by atoms with Crippen LogP contribution >= 0.6 is 0 Å². The van der Waals surface area contributed by atoms with E-state index in [0.29, 0.717) is 23.6 Å². The zero-order valence-electron chi connectivity index (χ0n) is 17.3. The zero-order chi connectivity index (χ0) is 21.5. The average Bonchev–Trinajstić information content (AvgIpc) is 3.37. The van der Waals surface area contributed by atoms with Crippen LogP contribution in [0.25, 0.3) is 23.2 Å². The van der Waals surface area contributed by atoms with Crippen molar-refractivity contribution < 1.29 is 18.7 Å². The zero-order valence-corrected chi connectivity index (χ0v) is 17.3. The van der Waals surface area contributed by atoms with E-state index in [2.05, 4.69) is 10.4 Å². The average molecular weight is 407 g/mol. The third kappa shape index (κ3) is 5.26. The first-order valence-corrected chi connectivity index (χ1v) is 9.86. The van der Waals surface area contributed by atoms with Gasteiger partial charge < -0.3 is 14.5 Å². The number of nitrogens with zero attached hydrogens (tertiary/aromatic N) is 2. The van der Waals surface area contributed by atoms with Crippen molar-refractivity contribution in [1.82, 2.24) is 15.1 Å². The van der Waals surface area contributed by atoms with Crippen LogP contribution in [0.1, 0.15) is 31.6 Å².